The van der Waals surface area contributed by atoms with Gasteiger partial charge in [-0.05, 0) is 48.5 Å². The van der Waals surface area contributed by atoms with E-state index in [4.69, 9.17) is 14.2 Å². The first-order valence-corrected chi connectivity index (χ1v) is 8.53. The summed E-state index contributed by atoms with van der Waals surface area (Å²) >= 11 is 0. The number of hydrogen-bond acceptors (Lipinski definition) is 6. The molecular weight excluding hydrogens is 358 g/mol. The monoisotopic (exact) mass is 379 g/mol. The van der Waals surface area contributed by atoms with Crippen LogP contribution in [0.5, 0.6) is 17.2 Å². The minimum atomic E-state index is -0.240. The molecule has 0 aliphatic carbocycles. The summed E-state index contributed by atoms with van der Waals surface area (Å²) in [6, 6.07) is 16.0. The maximum atomic E-state index is 12.4. The molecule has 3 rings (SSSR count). The molecule has 0 spiro atoms. The number of methoxy groups -OCH3 is 3. The SMILES string of the molecule is COc1ccc(NC(=O)c2ccc(Nc3ccc(OC)c(OC)c3)nc2)cc1. The Kier molecular flexibility index (Phi) is 5.96. The smallest absolute Gasteiger partial charge is 0.257 e. The fourth-order valence-corrected chi connectivity index (χ4v) is 2.54. The van der Waals surface area contributed by atoms with Crippen molar-refractivity contribution in [2.45, 2.75) is 0 Å². The van der Waals surface area contributed by atoms with Crippen LogP contribution in [-0.4, -0.2) is 32.2 Å². The van der Waals surface area contributed by atoms with Gasteiger partial charge < -0.3 is 24.8 Å². The number of rotatable bonds is 7. The standard InChI is InChI=1S/C21H21N3O4/c1-26-17-8-5-15(6-9-17)24-21(25)14-4-11-20(22-13-14)23-16-7-10-18(27-2)19(12-16)28-3/h4-13H,1-3H3,(H,22,23)(H,24,25). The number of ether oxygens (including phenoxy) is 3. The molecule has 2 aromatic carbocycles. The van der Waals surface area contributed by atoms with Gasteiger partial charge >= 0.3 is 0 Å². The minimum absolute atomic E-state index is 0.240. The van der Waals surface area contributed by atoms with E-state index in [1.54, 1.807) is 63.8 Å². The number of anilines is 3. The second-order valence-electron chi connectivity index (χ2n) is 5.81. The molecular formula is C21H21N3O4. The molecule has 1 heterocycles. The van der Waals surface area contributed by atoms with Crippen molar-refractivity contribution in [2.24, 2.45) is 0 Å². The fraction of sp³-hybridized carbons (Fsp3) is 0.143. The number of pyridine rings is 1. The van der Waals surface area contributed by atoms with E-state index in [0.29, 0.717) is 28.6 Å². The van der Waals surface area contributed by atoms with Crippen molar-refractivity contribution in [3.05, 3.63) is 66.4 Å². The molecule has 0 fully saturated rings. The van der Waals surface area contributed by atoms with E-state index < -0.39 is 0 Å². The molecule has 1 amide bonds. The summed E-state index contributed by atoms with van der Waals surface area (Å²) in [5.74, 6) is 2.35. The molecule has 0 unspecified atom stereocenters. The van der Waals surface area contributed by atoms with Crippen molar-refractivity contribution in [3.8, 4) is 17.2 Å². The van der Waals surface area contributed by atoms with Crippen LogP contribution in [0.3, 0.4) is 0 Å². The third-order valence-electron chi connectivity index (χ3n) is 4.03. The van der Waals surface area contributed by atoms with Gasteiger partial charge in [-0.1, -0.05) is 0 Å². The maximum absolute atomic E-state index is 12.4. The number of carbonyl (C=O) groups excluding carboxylic acids is 1. The van der Waals surface area contributed by atoms with Crippen LogP contribution in [0.2, 0.25) is 0 Å². The second-order valence-corrected chi connectivity index (χ2v) is 5.81. The van der Waals surface area contributed by atoms with E-state index in [1.807, 2.05) is 12.1 Å². The van der Waals surface area contributed by atoms with Gasteiger partial charge in [-0.15, -0.1) is 0 Å². The zero-order valence-electron chi connectivity index (χ0n) is 15.9. The van der Waals surface area contributed by atoms with Crippen LogP contribution in [0.1, 0.15) is 10.4 Å². The van der Waals surface area contributed by atoms with Crippen LogP contribution in [0, 0.1) is 0 Å². The van der Waals surface area contributed by atoms with Gasteiger partial charge in [-0.25, -0.2) is 4.98 Å². The number of nitrogens with zero attached hydrogens (tertiary/aromatic N) is 1. The van der Waals surface area contributed by atoms with Crippen LogP contribution in [-0.2, 0) is 0 Å². The first kappa shape index (κ1) is 19.0. The largest absolute Gasteiger partial charge is 0.497 e. The molecule has 2 N–H and O–H groups in total. The zero-order chi connectivity index (χ0) is 19.9. The Morgan fingerprint density at radius 2 is 1.54 bits per heavy atom. The lowest BCUT2D eigenvalue weighted by molar-refractivity contribution is 0.102. The van der Waals surface area contributed by atoms with Gasteiger partial charge in [-0.2, -0.15) is 0 Å². The molecule has 0 saturated carbocycles. The maximum Gasteiger partial charge on any atom is 0.257 e. The van der Waals surface area contributed by atoms with Crippen LogP contribution < -0.4 is 24.8 Å². The van der Waals surface area contributed by atoms with Gasteiger partial charge in [0.2, 0.25) is 0 Å². The van der Waals surface area contributed by atoms with Gasteiger partial charge in [0.15, 0.2) is 11.5 Å². The Morgan fingerprint density at radius 3 is 2.14 bits per heavy atom. The normalized spacial score (nSPS) is 10.1. The Labute approximate surface area is 163 Å². The predicted octanol–water partition coefficient (Wildman–Crippen LogP) is 4.10. The van der Waals surface area contributed by atoms with E-state index in [1.165, 1.54) is 6.20 Å². The molecule has 0 aliphatic heterocycles. The predicted molar refractivity (Wildman–Crippen MR) is 108 cm³/mol. The average molecular weight is 379 g/mol. The number of benzene rings is 2. The Hall–Kier alpha value is -3.74. The van der Waals surface area contributed by atoms with Gasteiger partial charge in [-0.3, -0.25) is 4.79 Å². The molecule has 0 saturated heterocycles. The highest BCUT2D eigenvalue weighted by Gasteiger charge is 2.08. The van der Waals surface area contributed by atoms with E-state index in [0.717, 1.165) is 11.4 Å². The van der Waals surface area contributed by atoms with Crippen molar-refractivity contribution in [3.63, 3.8) is 0 Å². The molecule has 1 aromatic heterocycles. The summed E-state index contributed by atoms with van der Waals surface area (Å²) in [5, 5.41) is 5.99. The highest BCUT2D eigenvalue weighted by Crippen LogP contribution is 2.30. The topological polar surface area (TPSA) is 81.7 Å². The lowest BCUT2D eigenvalue weighted by atomic mass is 10.2. The fourth-order valence-electron chi connectivity index (χ4n) is 2.54. The third kappa shape index (κ3) is 4.50. The highest BCUT2D eigenvalue weighted by molar-refractivity contribution is 6.04. The van der Waals surface area contributed by atoms with Crippen LogP contribution in [0.25, 0.3) is 0 Å². The average Bonchev–Trinajstić information content (AvgIpc) is 2.74. The highest BCUT2D eigenvalue weighted by atomic mass is 16.5. The number of hydrogen-bond donors (Lipinski definition) is 2. The lowest BCUT2D eigenvalue weighted by Crippen LogP contribution is -2.12. The first-order valence-electron chi connectivity index (χ1n) is 8.53. The molecule has 3 aromatic rings. The molecule has 7 heteroatoms. The first-order chi connectivity index (χ1) is 13.6. The van der Waals surface area contributed by atoms with E-state index in [9.17, 15) is 4.79 Å². The quantitative estimate of drug-likeness (QED) is 0.643. The third-order valence-corrected chi connectivity index (χ3v) is 4.03. The van der Waals surface area contributed by atoms with Crippen molar-refractivity contribution >= 4 is 23.1 Å². The van der Waals surface area contributed by atoms with Crippen LogP contribution in [0.4, 0.5) is 17.2 Å². The molecule has 144 valence electrons. The number of aromatic nitrogens is 1. The van der Waals surface area contributed by atoms with Crippen molar-refractivity contribution in [1.29, 1.82) is 0 Å². The zero-order valence-corrected chi connectivity index (χ0v) is 15.9. The van der Waals surface area contributed by atoms with Crippen molar-refractivity contribution in [2.75, 3.05) is 32.0 Å². The van der Waals surface area contributed by atoms with Crippen molar-refractivity contribution < 1.29 is 19.0 Å². The molecule has 0 aliphatic rings. The summed E-state index contributed by atoms with van der Waals surface area (Å²) in [7, 11) is 4.76. The van der Waals surface area contributed by atoms with E-state index in [2.05, 4.69) is 15.6 Å². The lowest BCUT2D eigenvalue weighted by Gasteiger charge is -2.11. The Bertz CT molecular complexity index is 941. The molecule has 7 nitrogen and oxygen atoms in total. The summed E-state index contributed by atoms with van der Waals surface area (Å²) in [5.41, 5.74) is 1.92. The summed E-state index contributed by atoms with van der Waals surface area (Å²) in [4.78, 5) is 16.7. The van der Waals surface area contributed by atoms with Crippen LogP contribution in [0.15, 0.2) is 60.8 Å². The summed E-state index contributed by atoms with van der Waals surface area (Å²) < 4.78 is 15.6. The summed E-state index contributed by atoms with van der Waals surface area (Å²) in [6.07, 6.45) is 1.52. The molecule has 0 atom stereocenters. The van der Waals surface area contributed by atoms with Crippen LogP contribution >= 0.6 is 0 Å². The molecule has 0 bridgehead atoms. The van der Waals surface area contributed by atoms with Gasteiger partial charge in [0.05, 0.1) is 26.9 Å². The van der Waals surface area contributed by atoms with Crippen molar-refractivity contribution in [1.82, 2.24) is 4.98 Å². The Morgan fingerprint density at radius 1 is 0.821 bits per heavy atom. The number of amides is 1. The second kappa shape index (κ2) is 8.77. The molecule has 0 radical (unpaired) electrons. The Balaban J connectivity index is 1.66. The minimum Gasteiger partial charge on any atom is -0.497 e. The van der Waals surface area contributed by atoms with Gasteiger partial charge in [0, 0.05) is 23.6 Å². The molecule has 28 heavy (non-hydrogen) atoms. The van der Waals surface area contributed by atoms with E-state index >= 15 is 0 Å². The van der Waals surface area contributed by atoms with Gasteiger partial charge in [0.1, 0.15) is 11.6 Å². The number of carbonyl (C=O) groups is 1. The summed E-state index contributed by atoms with van der Waals surface area (Å²) in [6.45, 7) is 0. The van der Waals surface area contributed by atoms with Gasteiger partial charge in [0.25, 0.3) is 5.91 Å². The number of nitrogens with one attached hydrogen (secondary N) is 2. The van der Waals surface area contributed by atoms with E-state index in [-0.39, 0.29) is 5.91 Å².